The Kier molecular flexibility index (Phi) is 6.82. The molecule has 0 aromatic carbocycles. The molecule has 0 atom stereocenters. The van der Waals surface area contributed by atoms with Crippen LogP contribution >= 0.6 is 11.3 Å². The van der Waals surface area contributed by atoms with Gasteiger partial charge in [-0.25, -0.2) is 9.78 Å². The van der Waals surface area contributed by atoms with Gasteiger partial charge in [0.1, 0.15) is 5.82 Å². The summed E-state index contributed by atoms with van der Waals surface area (Å²) in [6, 6.07) is 0. The molecule has 7 nitrogen and oxygen atoms in total. The number of carbonyl (C=O) groups is 1. The minimum atomic E-state index is -0.326. The highest BCUT2D eigenvalue weighted by Gasteiger charge is 2.27. The predicted octanol–water partition coefficient (Wildman–Crippen LogP) is 3.66. The number of carbonyl (C=O) groups excluding carboxylic acids is 1. The Morgan fingerprint density at radius 2 is 2.04 bits per heavy atom. The second kappa shape index (κ2) is 9.30. The summed E-state index contributed by atoms with van der Waals surface area (Å²) < 4.78 is 7.29. The third-order valence-corrected chi connectivity index (χ3v) is 6.02. The summed E-state index contributed by atoms with van der Waals surface area (Å²) in [5, 5.41) is 11.8. The van der Waals surface area contributed by atoms with E-state index in [2.05, 4.69) is 38.5 Å². The molecule has 1 aliphatic rings. The van der Waals surface area contributed by atoms with E-state index in [-0.39, 0.29) is 5.97 Å². The molecule has 1 saturated heterocycles. The number of unbranched alkanes of at least 4 members (excludes halogenated alkanes) is 1. The normalized spacial score (nSPS) is 15.3. The standard InChI is InChI=1S/C19H29N5O2S/c1-4-7-8-16-21-22-19(24(16)5-2)23-11-9-14(10-12-23)17-20-15(13-27-17)18(25)26-6-3/h13-14H,4-12H2,1-3H3. The summed E-state index contributed by atoms with van der Waals surface area (Å²) in [6.45, 7) is 9.31. The fourth-order valence-corrected chi connectivity index (χ4v) is 4.46. The van der Waals surface area contributed by atoms with Crippen molar-refractivity contribution in [1.82, 2.24) is 19.7 Å². The number of hydrogen-bond donors (Lipinski definition) is 0. The molecule has 8 heteroatoms. The van der Waals surface area contributed by atoms with Gasteiger partial charge in [0.15, 0.2) is 5.69 Å². The van der Waals surface area contributed by atoms with Crippen molar-refractivity contribution in [2.24, 2.45) is 0 Å². The lowest BCUT2D eigenvalue weighted by Crippen LogP contribution is -2.35. The summed E-state index contributed by atoms with van der Waals surface area (Å²) in [4.78, 5) is 18.7. The van der Waals surface area contributed by atoms with Gasteiger partial charge in [0.25, 0.3) is 0 Å². The molecule has 0 N–H and O–H groups in total. The van der Waals surface area contributed by atoms with Crippen LogP contribution in [0.1, 0.15) is 73.7 Å². The van der Waals surface area contributed by atoms with E-state index in [0.29, 0.717) is 18.2 Å². The predicted molar refractivity (Wildman–Crippen MR) is 107 cm³/mol. The number of ether oxygens (including phenoxy) is 1. The average Bonchev–Trinajstić information content (AvgIpc) is 3.34. The molecule has 2 aromatic rings. The van der Waals surface area contributed by atoms with E-state index >= 15 is 0 Å². The van der Waals surface area contributed by atoms with Crippen LogP contribution in [0.2, 0.25) is 0 Å². The number of aromatic nitrogens is 4. The number of piperidine rings is 1. The molecule has 3 heterocycles. The zero-order chi connectivity index (χ0) is 19.2. The van der Waals surface area contributed by atoms with Gasteiger partial charge in [-0.1, -0.05) is 13.3 Å². The van der Waals surface area contributed by atoms with Crippen LogP contribution in [0.15, 0.2) is 5.38 Å². The highest BCUT2D eigenvalue weighted by atomic mass is 32.1. The molecule has 0 spiro atoms. The molecule has 1 aliphatic heterocycles. The van der Waals surface area contributed by atoms with Gasteiger partial charge < -0.3 is 9.64 Å². The van der Waals surface area contributed by atoms with Crippen molar-refractivity contribution in [3.05, 3.63) is 21.9 Å². The van der Waals surface area contributed by atoms with Crippen LogP contribution in [-0.4, -0.2) is 45.4 Å². The van der Waals surface area contributed by atoms with Crippen LogP contribution in [0.4, 0.5) is 5.95 Å². The lowest BCUT2D eigenvalue weighted by Gasteiger charge is -2.31. The first kappa shape index (κ1) is 19.8. The minimum Gasteiger partial charge on any atom is -0.461 e. The lowest BCUT2D eigenvalue weighted by atomic mass is 9.98. The van der Waals surface area contributed by atoms with E-state index in [0.717, 1.165) is 62.1 Å². The minimum absolute atomic E-state index is 0.326. The molecular formula is C19H29N5O2S. The number of thiazole rings is 1. The van der Waals surface area contributed by atoms with Crippen LogP contribution < -0.4 is 4.90 Å². The molecule has 0 saturated carbocycles. The van der Waals surface area contributed by atoms with Crippen molar-refractivity contribution in [2.75, 3.05) is 24.6 Å². The number of rotatable bonds is 8. The fraction of sp³-hybridized carbons (Fsp3) is 0.684. The Morgan fingerprint density at radius 1 is 1.26 bits per heavy atom. The maximum absolute atomic E-state index is 11.8. The number of hydrogen-bond acceptors (Lipinski definition) is 7. The van der Waals surface area contributed by atoms with Gasteiger partial charge in [-0.05, 0) is 33.1 Å². The maximum atomic E-state index is 11.8. The molecule has 0 radical (unpaired) electrons. The number of nitrogens with zero attached hydrogens (tertiary/aromatic N) is 5. The van der Waals surface area contributed by atoms with Gasteiger partial charge in [-0.2, -0.15) is 0 Å². The van der Waals surface area contributed by atoms with E-state index < -0.39 is 0 Å². The van der Waals surface area contributed by atoms with Gasteiger partial charge in [-0.15, -0.1) is 21.5 Å². The van der Waals surface area contributed by atoms with Gasteiger partial charge in [0.05, 0.1) is 11.6 Å². The maximum Gasteiger partial charge on any atom is 0.357 e. The van der Waals surface area contributed by atoms with Gasteiger partial charge in [-0.3, -0.25) is 4.57 Å². The Bertz CT molecular complexity index is 749. The molecule has 0 bridgehead atoms. The van der Waals surface area contributed by atoms with Gasteiger partial charge in [0, 0.05) is 37.4 Å². The van der Waals surface area contributed by atoms with Crippen LogP contribution in [0.5, 0.6) is 0 Å². The number of anilines is 1. The molecule has 3 rings (SSSR count). The summed E-state index contributed by atoms with van der Waals surface area (Å²) in [5.74, 6) is 2.16. The Morgan fingerprint density at radius 3 is 2.70 bits per heavy atom. The Hall–Kier alpha value is -1.96. The van der Waals surface area contributed by atoms with E-state index in [1.165, 1.54) is 6.42 Å². The zero-order valence-electron chi connectivity index (χ0n) is 16.5. The van der Waals surface area contributed by atoms with Crippen molar-refractivity contribution in [3.8, 4) is 0 Å². The molecule has 1 fully saturated rings. The van der Waals surface area contributed by atoms with Crippen LogP contribution in [0, 0.1) is 0 Å². The molecular weight excluding hydrogens is 362 g/mol. The first-order chi connectivity index (χ1) is 13.2. The van der Waals surface area contributed by atoms with Crippen LogP contribution in [0.25, 0.3) is 0 Å². The van der Waals surface area contributed by atoms with Crippen molar-refractivity contribution in [3.63, 3.8) is 0 Å². The molecule has 0 aliphatic carbocycles. The third kappa shape index (κ3) is 4.48. The van der Waals surface area contributed by atoms with E-state index in [9.17, 15) is 4.79 Å². The second-order valence-electron chi connectivity index (χ2n) is 6.82. The number of aryl methyl sites for hydroxylation is 1. The summed E-state index contributed by atoms with van der Waals surface area (Å²) >= 11 is 1.56. The lowest BCUT2D eigenvalue weighted by molar-refractivity contribution is 0.0520. The van der Waals surface area contributed by atoms with E-state index in [1.807, 2.05) is 12.3 Å². The summed E-state index contributed by atoms with van der Waals surface area (Å²) in [7, 11) is 0. The quantitative estimate of drug-likeness (QED) is 0.640. The van der Waals surface area contributed by atoms with Crippen LogP contribution in [0.3, 0.4) is 0 Å². The Balaban J connectivity index is 1.62. The van der Waals surface area contributed by atoms with Crippen molar-refractivity contribution >= 4 is 23.3 Å². The molecule has 0 amide bonds. The highest BCUT2D eigenvalue weighted by molar-refractivity contribution is 7.09. The monoisotopic (exact) mass is 391 g/mol. The SMILES string of the molecule is CCCCc1nnc(N2CCC(c3nc(C(=O)OCC)cs3)CC2)n1CC. The van der Waals surface area contributed by atoms with Gasteiger partial charge >= 0.3 is 5.97 Å². The molecule has 27 heavy (non-hydrogen) atoms. The fourth-order valence-electron chi connectivity index (χ4n) is 3.50. The van der Waals surface area contributed by atoms with Crippen LogP contribution in [-0.2, 0) is 17.7 Å². The zero-order valence-corrected chi connectivity index (χ0v) is 17.3. The van der Waals surface area contributed by atoms with Crippen molar-refractivity contribution in [2.45, 2.75) is 65.3 Å². The van der Waals surface area contributed by atoms with E-state index in [1.54, 1.807) is 11.3 Å². The Labute approximate surface area is 164 Å². The highest BCUT2D eigenvalue weighted by Crippen LogP contribution is 2.32. The molecule has 2 aromatic heterocycles. The molecule has 148 valence electrons. The van der Waals surface area contributed by atoms with Gasteiger partial charge in [0.2, 0.25) is 5.95 Å². The molecule has 0 unspecified atom stereocenters. The van der Waals surface area contributed by atoms with Crippen molar-refractivity contribution < 1.29 is 9.53 Å². The largest absolute Gasteiger partial charge is 0.461 e. The first-order valence-corrected chi connectivity index (χ1v) is 10.8. The summed E-state index contributed by atoms with van der Waals surface area (Å²) in [6.07, 6.45) is 5.32. The summed E-state index contributed by atoms with van der Waals surface area (Å²) in [5.41, 5.74) is 0.436. The van der Waals surface area contributed by atoms with Crippen molar-refractivity contribution in [1.29, 1.82) is 0 Å². The smallest absolute Gasteiger partial charge is 0.357 e. The average molecular weight is 392 g/mol. The topological polar surface area (TPSA) is 73.1 Å². The third-order valence-electron chi connectivity index (χ3n) is 5.01. The first-order valence-electron chi connectivity index (χ1n) is 9.97. The second-order valence-corrected chi connectivity index (χ2v) is 7.71. The number of esters is 1. The van der Waals surface area contributed by atoms with E-state index in [4.69, 9.17) is 4.74 Å².